The van der Waals surface area contributed by atoms with E-state index in [9.17, 15) is 15.3 Å². The van der Waals surface area contributed by atoms with Crippen LogP contribution in [-0.4, -0.2) is 59.1 Å². The zero-order chi connectivity index (χ0) is 26.1. The second kappa shape index (κ2) is 8.70. The molecule has 4 aromatic rings. The standard InChI is InChI=1S/C27H30N6O3S/c1-12-5-7-16(8-6-12)14(3)29-26-30-15(4)21(25-32-19-11-28-13(2)9-20(19)37-25)24(33-26)31-18-10-17-22(34)27(17,36)23(18)35/h5-9,11,14,17-18,22-23,34-36H,10H2,1-4H3,(H2,29,30,31,33). The van der Waals surface area contributed by atoms with Crippen LogP contribution < -0.4 is 10.6 Å². The molecule has 0 bridgehead atoms. The summed E-state index contributed by atoms with van der Waals surface area (Å²) >= 11 is 1.54. The number of aliphatic hydroxyl groups is 3. The molecule has 0 saturated heterocycles. The van der Waals surface area contributed by atoms with Crippen molar-refractivity contribution < 1.29 is 15.3 Å². The van der Waals surface area contributed by atoms with Gasteiger partial charge in [0.15, 0.2) is 0 Å². The maximum atomic E-state index is 10.8. The number of anilines is 2. The number of pyridine rings is 1. The van der Waals surface area contributed by atoms with E-state index in [4.69, 9.17) is 15.0 Å². The Hall–Kier alpha value is -3.18. The normalized spacial score (nSPS) is 27.2. The SMILES string of the molecule is Cc1ccc(C(C)Nc2nc(C)c(-c3nc4cnc(C)cc4s3)c(NC3CC4C(O)C4(O)C3O)n2)cc1. The Morgan fingerprint density at radius 3 is 2.51 bits per heavy atom. The average Bonchev–Trinajstić information content (AvgIpc) is 3.11. The first-order valence-corrected chi connectivity index (χ1v) is 13.3. The molecule has 2 saturated carbocycles. The van der Waals surface area contributed by atoms with E-state index in [-0.39, 0.29) is 12.0 Å². The molecule has 6 atom stereocenters. The van der Waals surface area contributed by atoms with Crippen molar-refractivity contribution in [3.63, 3.8) is 0 Å². The van der Waals surface area contributed by atoms with Crippen LogP contribution in [0.15, 0.2) is 36.5 Å². The lowest BCUT2D eigenvalue weighted by Crippen LogP contribution is -2.42. The van der Waals surface area contributed by atoms with Gasteiger partial charge in [-0.1, -0.05) is 29.8 Å². The lowest BCUT2D eigenvalue weighted by Gasteiger charge is -2.25. The first kappa shape index (κ1) is 24.2. The summed E-state index contributed by atoms with van der Waals surface area (Å²) in [6, 6.07) is 9.82. The minimum absolute atomic E-state index is 0.0317. The molecule has 6 rings (SSSR count). The Bertz CT molecular complexity index is 1490. The number of fused-ring (bicyclic) bond motifs is 2. The van der Waals surface area contributed by atoms with Crippen molar-refractivity contribution in [3.05, 3.63) is 59.0 Å². The Kier molecular flexibility index (Phi) is 5.68. The van der Waals surface area contributed by atoms with Crippen LogP contribution >= 0.6 is 11.3 Å². The van der Waals surface area contributed by atoms with Crippen LogP contribution in [0, 0.1) is 26.7 Å². The van der Waals surface area contributed by atoms with Crippen LogP contribution in [0.5, 0.6) is 0 Å². The third-order valence-electron chi connectivity index (χ3n) is 7.66. The number of nitrogens with zero attached hydrogens (tertiary/aromatic N) is 4. The van der Waals surface area contributed by atoms with E-state index in [1.807, 2.05) is 19.9 Å². The lowest BCUT2D eigenvalue weighted by atomic mass is 10.1. The fraction of sp³-hybridized carbons (Fsp3) is 0.407. The first-order valence-electron chi connectivity index (χ1n) is 12.5. The molecule has 6 unspecified atom stereocenters. The second-order valence-corrected chi connectivity index (χ2v) is 11.3. The molecule has 0 radical (unpaired) electrons. The van der Waals surface area contributed by atoms with Gasteiger partial charge >= 0.3 is 0 Å². The van der Waals surface area contributed by atoms with Gasteiger partial charge in [0.1, 0.15) is 28.0 Å². The molecule has 10 heteroatoms. The van der Waals surface area contributed by atoms with Gasteiger partial charge in [0.2, 0.25) is 5.95 Å². The van der Waals surface area contributed by atoms with E-state index in [1.54, 1.807) is 6.20 Å². The highest BCUT2D eigenvalue weighted by Crippen LogP contribution is 2.56. The molecule has 0 aliphatic heterocycles. The predicted molar refractivity (Wildman–Crippen MR) is 144 cm³/mol. The van der Waals surface area contributed by atoms with Gasteiger partial charge in [0, 0.05) is 11.6 Å². The molecule has 0 amide bonds. The molecule has 5 N–H and O–H groups in total. The summed E-state index contributed by atoms with van der Waals surface area (Å²) in [6.45, 7) is 7.97. The molecule has 2 aliphatic carbocycles. The van der Waals surface area contributed by atoms with Gasteiger partial charge in [0.25, 0.3) is 0 Å². The first-order chi connectivity index (χ1) is 17.6. The molecule has 37 heavy (non-hydrogen) atoms. The van der Waals surface area contributed by atoms with Crippen LogP contribution in [0.3, 0.4) is 0 Å². The van der Waals surface area contributed by atoms with Crippen LogP contribution in [0.1, 0.15) is 41.9 Å². The molecular formula is C27H30N6O3S. The third kappa shape index (κ3) is 4.04. The van der Waals surface area contributed by atoms with Crippen LogP contribution in [0.25, 0.3) is 20.8 Å². The monoisotopic (exact) mass is 518 g/mol. The van der Waals surface area contributed by atoms with E-state index in [1.165, 1.54) is 16.9 Å². The largest absolute Gasteiger partial charge is 0.390 e. The fourth-order valence-corrected chi connectivity index (χ4v) is 6.49. The van der Waals surface area contributed by atoms with Gasteiger partial charge in [-0.15, -0.1) is 11.3 Å². The molecule has 2 fully saturated rings. The smallest absolute Gasteiger partial charge is 0.225 e. The number of benzene rings is 1. The van der Waals surface area contributed by atoms with Crippen molar-refractivity contribution in [2.75, 3.05) is 10.6 Å². The Morgan fingerprint density at radius 1 is 1.05 bits per heavy atom. The molecule has 3 aromatic heterocycles. The summed E-state index contributed by atoms with van der Waals surface area (Å²) in [7, 11) is 0. The molecule has 1 aromatic carbocycles. The predicted octanol–water partition coefficient (Wildman–Crippen LogP) is 3.51. The minimum Gasteiger partial charge on any atom is -0.390 e. The second-order valence-electron chi connectivity index (χ2n) is 10.3. The summed E-state index contributed by atoms with van der Waals surface area (Å²) in [5.41, 5.74) is 4.04. The highest BCUT2D eigenvalue weighted by atomic mass is 32.1. The van der Waals surface area contributed by atoms with Gasteiger partial charge < -0.3 is 26.0 Å². The van der Waals surface area contributed by atoms with Gasteiger partial charge in [-0.25, -0.2) is 9.97 Å². The molecule has 0 spiro atoms. The highest BCUT2D eigenvalue weighted by Gasteiger charge is 2.74. The number of aromatic nitrogens is 4. The topological polar surface area (TPSA) is 136 Å². The number of aliphatic hydroxyl groups excluding tert-OH is 2. The highest BCUT2D eigenvalue weighted by molar-refractivity contribution is 7.21. The average molecular weight is 519 g/mol. The van der Waals surface area contributed by atoms with Gasteiger partial charge in [0.05, 0.1) is 40.3 Å². The van der Waals surface area contributed by atoms with Crippen molar-refractivity contribution in [2.24, 2.45) is 5.92 Å². The molecule has 9 nitrogen and oxygen atoms in total. The number of hydrogen-bond donors (Lipinski definition) is 5. The Labute approximate surface area is 218 Å². The summed E-state index contributed by atoms with van der Waals surface area (Å²) in [6.07, 6.45) is 0.200. The number of hydrogen-bond acceptors (Lipinski definition) is 10. The molecule has 2 aliphatic rings. The van der Waals surface area contributed by atoms with E-state index in [0.29, 0.717) is 18.2 Å². The van der Waals surface area contributed by atoms with Crippen molar-refractivity contribution in [1.82, 2.24) is 19.9 Å². The quantitative estimate of drug-likeness (QED) is 0.260. The van der Waals surface area contributed by atoms with Crippen LogP contribution in [0.4, 0.5) is 11.8 Å². The van der Waals surface area contributed by atoms with Crippen molar-refractivity contribution in [2.45, 2.75) is 64.0 Å². The van der Waals surface area contributed by atoms with Crippen molar-refractivity contribution >= 4 is 33.3 Å². The Morgan fingerprint density at radius 2 is 1.81 bits per heavy atom. The van der Waals surface area contributed by atoms with E-state index in [2.05, 4.69) is 53.7 Å². The van der Waals surface area contributed by atoms with E-state index in [0.717, 1.165) is 37.7 Å². The minimum atomic E-state index is -1.46. The van der Waals surface area contributed by atoms with Crippen LogP contribution in [-0.2, 0) is 0 Å². The molecule has 192 valence electrons. The fourth-order valence-electron chi connectivity index (χ4n) is 5.36. The summed E-state index contributed by atoms with van der Waals surface area (Å²) in [4.78, 5) is 18.7. The summed E-state index contributed by atoms with van der Waals surface area (Å²) in [5.74, 6) is 0.632. The zero-order valence-electron chi connectivity index (χ0n) is 21.1. The van der Waals surface area contributed by atoms with Crippen LogP contribution in [0.2, 0.25) is 0 Å². The molecule has 3 heterocycles. The lowest BCUT2D eigenvalue weighted by molar-refractivity contribution is -0.0262. The Balaban J connectivity index is 1.38. The van der Waals surface area contributed by atoms with E-state index < -0.39 is 23.9 Å². The number of thiazole rings is 1. The number of rotatable bonds is 6. The molecular weight excluding hydrogens is 488 g/mol. The maximum Gasteiger partial charge on any atom is 0.225 e. The van der Waals surface area contributed by atoms with Gasteiger partial charge in [-0.05, 0) is 45.7 Å². The zero-order valence-corrected chi connectivity index (χ0v) is 21.9. The van der Waals surface area contributed by atoms with Crippen molar-refractivity contribution in [3.8, 4) is 10.6 Å². The van der Waals surface area contributed by atoms with E-state index >= 15 is 0 Å². The summed E-state index contributed by atoms with van der Waals surface area (Å²) in [5, 5.41) is 39.0. The third-order valence-corrected chi connectivity index (χ3v) is 8.70. The number of aryl methyl sites for hydroxylation is 3. The maximum absolute atomic E-state index is 10.8. The van der Waals surface area contributed by atoms with Crippen molar-refractivity contribution in [1.29, 1.82) is 0 Å². The van der Waals surface area contributed by atoms with Gasteiger partial charge in [-0.2, -0.15) is 4.98 Å². The number of nitrogens with one attached hydrogen (secondary N) is 2. The van der Waals surface area contributed by atoms with Gasteiger partial charge in [-0.3, -0.25) is 4.98 Å². The summed E-state index contributed by atoms with van der Waals surface area (Å²) < 4.78 is 1.02.